The van der Waals surface area contributed by atoms with Crippen LogP contribution in [0.1, 0.15) is 41.3 Å². The maximum absolute atomic E-state index is 12.0. The molecule has 90 valence electrons. The van der Waals surface area contributed by atoms with Crippen molar-refractivity contribution in [1.29, 1.82) is 0 Å². The minimum atomic E-state index is -0.0359. The maximum Gasteiger partial charge on any atom is 0.163 e. The number of hydrogen-bond donors (Lipinski definition) is 0. The van der Waals surface area contributed by atoms with Crippen molar-refractivity contribution in [3.63, 3.8) is 0 Å². The monoisotopic (exact) mass is 236 g/mol. The molecule has 18 heavy (non-hydrogen) atoms. The highest BCUT2D eigenvalue weighted by atomic mass is 16.1. The Kier molecular flexibility index (Phi) is 2.55. The average Bonchev–Trinajstić information content (AvgIpc) is 2.44. The molecule has 0 bridgehead atoms. The topological polar surface area (TPSA) is 17.1 Å². The highest BCUT2D eigenvalue weighted by molar-refractivity contribution is 5.99. The van der Waals surface area contributed by atoms with E-state index < -0.39 is 0 Å². The highest BCUT2D eigenvalue weighted by Gasteiger charge is 2.36. The summed E-state index contributed by atoms with van der Waals surface area (Å²) in [6, 6.07) is 18.5. The van der Waals surface area contributed by atoms with E-state index in [0.29, 0.717) is 6.42 Å². The zero-order valence-corrected chi connectivity index (χ0v) is 10.5. The molecule has 2 aromatic rings. The van der Waals surface area contributed by atoms with E-state index in [1.54, 1.807) is 0 Å². The third-order valence-corrected chi connectivity index (χ3v) is 4.08. The van der Waals surface area contributed by atoms with Crippen LogP contribution in [0.15, 0.2) is 54.6 Å². The van der Waals surface area contributed by atoms with Gasteiger partial charge >= 0.3 is 0 Å². The molecule has 1 aliphatic carbocycles. The second-order valence-corrected chi connectivity index (χ2v) is 5.17. The fraction of sp³-hybridized carbons (Fsp3) is 0.235. The predicted octanol–water partition coefficient (Wildman–Crippen LogP) is 3.97. The Morgan fingerprint density at radius 3 is 2.39 bits per heavy atom. The van der Waals surface area contributed by atoms with Crippen LogP contribution in [-0.4, -0.2) is 5.78 Å². The standard InChI is InChI=1S/C17H16O/c1-17(13-7-3-2-4-8-13)12-11-16(18)14-9-5-6-10-15(14)17/h2-10H,11-12H2,1H3/t17-/m0/s1. The zero-order valence-electron chi connectivity index (χ0n) is 10.5. The molecule has 0 saturated heterocycles. The lowest BCUT2D eigenvalue weighted by Gasteiger charge is -2.35. The molecule has 0 unspecified atom stereocenters. The van der Waals surface area contributed by atoms with Crippen LogP contribution in [-0.2, 0) is 5.41 Å². The van der Waals surface area contributed by atoms with Crippen LogP contribution in [0.4, 0.5) is 0 Å². The first-order valence-corrected chi connectivity index (χ1v) is 6.40. The Hall–Kier alpha value is -1.89. The number of rotatable bonds is 1. The number of Topliss-reactive ketones (excluding diaryl/α,β-unsaturated/α-hetero) is 1. The van der Waals surface area contributed by atoms with Gasteiger partial charge in [-0.05, 0) is 17.5 Å². The number of fused-ring (bicyclic) bond motifs is 1. The van der Waals surface area contributed by atoms with Crippen LogP contribution in [0.5, 0.6) is 0 Å². The summed E-state index contributed by atoms with van der Waals surface area (Å²) in [5, 5.41) is 0. The molecule has 0 fully saturated rings. The van der Waals surface area contributed by atoms with Gasteiger partial charge in [0.2, 0.25) is 0 Å². The SMILES string of the molecule is C[C@@]1(c2ccccc2)CCC(=O)c2ccccc21. The molecule has 3 rings (SSSR count). The number of ketones is 1. The molecule has 1 aliphatic rings. The first-order chi connectivity index (χ1) is 8.72. The van der Waals surface area contributed by atoms with E-state index in [9.17, 15) is 4.79 Å². The third-order valence-electron chi connectivity index (χ3n) is 4.08. The first kappa shape index (κ1) is 11.2. The lowest BCUT2D eigenvalue weighted by atomic mass is 9.67. The van der Waals surface area contributed by atoms with Crippen molar-refractivity contribution < 1.29 is 4.79 Å². The molecule has 0 aliphatic heterocycles. The van der Waals surface area contributed by atoms with Crippen molar-refractivity contribution in [1.82, 2.24) is 0 Å². The molecule has 0 radical (unpaired) electrons. The molecule has 0 amide bonds. The Labute approximate surface area is 107 Å². The Morgan fingerprint density at radius 1 is 0.944 bits per heavy atom. The van der Waals surface area contributed by atoms with Gasteiger partial charge in [0.05, 0.1) is 0 Å². The van der Waals surface area contributed by atoms with Gasteiger partial charge < -0.3 is 0 Å². The molecular formula is C17H16O. The predicted molar refractivity (Wildman–Crippen MR) is 72.9 cm³/mol. The molecular weight excluding hydrogens is 220 g/mol. The van der Waals surface area contributed by atoms with E-state index in [1.165, 1.54) is 11.1 Å². The lowest BCUT2D eigenvalue weighted by molar-refractivity contribution is 0.0960. The largest absolute Gasteiger partial charge is 0.294 e. The van der Waals surface area contributed by atoms with Gasteiger partial charge in [0.15, 0.2) is 5.78 Å². The summed E-state index contributed by atoms with van der Waals surface area (Å²) in [5.41, 5.74) is 3.33. The Morgan fingerprint density at radius 2 is 1.61 bits per heavy atom. The van der Waals surface area contributed by atoms with Gasteiger partial charge in [0, 0.05) is 17.4 Å². The van der Waals surface area contributed by atoms with Crippen molar-refractivity contribution >= 4 is 5.78 Å². The van der Waals surface area contributed by atoms with Crippen molar-refractivity contribution in [2.45, 2.75) is 25.2 Å². The second kappa shape index (κ2) is 4.09. The van der Waals surface area contributed by atoms with Crippen LogP contribution < -0.4 is 0 Å². The van der Waals surface area contributed by atoms with E-state index in [-0.39, 0.29) is 11.2 Å². The van der Waals surface area contributed by atoms with Crippen LogP contribution in [0, 0.1) is 0 Å². The fourth-order valence-corrected chi connectivity index (χ4v) is 2.95. The van der Waals surface area contributed by atoms with Crippen molar-refractivity contribution in [3.05, 3.63) is 71.3 Å². The summed E-state index contributed by atoms with van der Waals surface area (Å²) in [6.07, 6.45) is 1.54. The number of benzene rings is 2. The Balaban J connectivity index is 2.20. The van der Waals surface area contributed by atoms with Crippen LogP contribution in [0.25, 0.3) is 0 Å². The zero-order chi connectivity index (χ0) is 12.6. The molecule has 0 saturated carbocycles. The van der Waals surface area contributed by atoms with E-state index in [0.717, 1.165) is 12.0 Å². The molecule has 0 spiro atoms. The lowest BCUT2D eigenvalue weighted by Crippen LogP contribution is -2.31. The summed E-state index contributed by atoms with van der Waals surface area (Å²) in [4.78, 5) is 12.0. The summed E-state index contributed by atoms with van der Waals surface area (Å²) < 4.78 is 0. The van der Waals surface area contributed by atoms with Crippen molar-refractivity contribution in [2.75, 3.05) is 0 Å². The van der Waals surface area contributed by atoms with Gasteiger partial charge in [-0.15, -0.1) is 0 Å². The normalized spacial score (nSPS) is 22.6. The summed E-state index contributed by atoms with van der Waals surface area (Å²) in [7, 11) is 0. The molecule has 0 heterocycles. The van der Waals surface area contributed by atoms with Gasteiger partial charge in [0.1, 0.15) is 0 Å². The summed E-state index contributed by atoms with van der Waals surface area (Å²) in [5.74, 6) is 0.277. The van der Waals surface area contributed by atoms with Crippen molar-refractivity contribution in [3.8, 4) is 0 Å². The van der Waals surface area contributed by atoms with E-state index >= 15 is 0 Å². The van der Waals surface area contributed by atoms with E-state index in [2.05, 4.69) is 37.3 Å². The van der Waals surface area contributed by atoms with Gasteiger partial charge in [-0.1, -0.05) is 61.5 Å². The van der Waals surface area contributed by atoms with Gasteiger partial charge in [-0.2, -0.15) is 0 Å². The van der Waals surface area contributed by atoms with Crippen molar-refractivity contribution in [2.24, 2.45) is 0 Å². The third kappa shape index (κ3) is 1.59. The number of carbonyl (C=O) groups excluding carboxylic acids is 1. The van der Waals surface area contributed by atoms with Gasteiger partial charge in [0.25, 0.3) is 0 Å². The summed E-state index contributed by atoms with van der Waals surface area (Å²) >= 11 is 0. The average molecular weight is 236 g/mol. The van der Waals surface area contributed by atoms with Crippen LogP contribution >= 0.6 is 0 Å². The van der Waals surface area contributed by atoms with Gasteiger partial charge in [-0.3, -0.25) is 4.79 Å². The van der Waals surface area contributed by atoms with Crippen LogP contribution in [0.2, 0.25) is 0 Å². The minimum Gasteiger partial charge on any atom is -0.294 e. The molecule has 1 atom stereocenters. The Bertz CT molecular complexity index is 586. The highest BCUT2D eigenvalue weighted by Crippen LogP contribution is 2.41. The quantitative estimate of drug-likeness (QED) is 0.732. The van der Waals surface area contributed by atoms with Crippen LogP contribution in [0.3, 0.4) is 0 Å². The molecule has 1 heteroatoms. The van der Waals surface area contributed by atoms with Gasteiger partial charge in [-0.25, -0.2) is 0 Å². The molecule has 0 aromatic heterocycles. The second-order valence-electron chi connectivity index (χ2n) is 5.17. The molecule has 0 N–H and O–H groups in total. The number of hydrogen-bond acceptors (Lipinski definition) is 1. The maximum atomic E-state index is 12.0. The smallest absolute Gasteiger partial charge is 0.163 e. The summed E-state index contributed by atoms with van der Waals surface area (Å²) in [6.45, 7) is 2.24. The minimum absolute atomic E-state index is 0.0359. The van der Waals surface area contributed by atoms with E-state index in [4.69, 9.17) is 0 Å². The first-order valence-electron chi connectivity index (χ1n) is 6.40. The van der Waals surface area contributed by atoms with E-state index in [1.807, 2.05) is 24.3 Å². The molecule has 1 nitrogen and oxygen atoms in total. The molecule has 2 aromatic carbocycles. The number of carbonyl (C=O) groups is 1. The fourth-order valence-electron chi connectivity index (χ4n) is 2.95.